The molecule has 1 amide bonds. The van der Waals surface area contributed by atoms with E-state index in [4.69, 9.17) is 0 Å². The van der Waals surface area contributed by atoms with Crippen LogP contribution in [0.15, 0.2) is 76.4 Å². The van der Waals surface area contributed by atoms with Gasteiger partial charge in [0.1, 0.15) is 11.4 Å². The zero-order valence-electron chi connectivity index (χ0n) is 14.6. The van der Waals surface area contributed by atoms with Crippen molar-refractivity contribution in [1.29, 1.82) is 0 Å². The molecule has 6 heteroatoms. The highest BCUT2D eigenvalue weighted by Gasteiger charge is 2.10. The summed E-state index contributed by atoms with van der Waals surface area (Å²) in [4.78, 5) is 28.1. The van der Waals surface area contributed by atoms with Gasteiger partial charge in [0.05, 0.1) is 0 Å². The van der Waals surface area contributed by atoms with Crippen LogP contribution in [0.3, 0.4) is 0 Å². The van der Waals surface area contributed by atoms with Crippen LogP contribution in [0.2, 0.25) is 0 Å². The number of carbonyl (C=O) groups excluding carboxylic acids is 1. The highest BCUT2D eigenvalue weighted by molar-refractivity contribution is 7.99. The summed E-state index contributed by atoms with van der Waals surface area (Å²) in [6.45, 7) is 0.465. The zero-order valence-corrected chi connectivity index (χ0v) is 15.4. The molecule has 0 saturated heterocycles. The van der Waals surface area contributed by atoms with Crippen LogP contribution in [-0.4, -0.2) is 23.2 Å². The van der Waals surface area contributed by atoms with Gasteiger partial charge in [-0.1, -0.05) is 30.3 Å². The maximum absolute atomic E-state index is 12.8. The van der Waals surface area contributed by atoms with Crippen molar-refractivity contribution < 1.29 is 9.18 Å². The van der Waals surface area contributed by atoms with Gasteiger partial charge in [-0.25, -0.2) is 4.39 Å². The van der Waals surface area contributed by atoms with Crippen molar-refractivity contribution in [3.63, 3.8) is 0 Å². The first kappa shape index (κ1) is 18.9. The minimum Gasteiger partial charge on any atom is -0.352 e. The van der Waals surface area contributed by atoms with Gasteiger partial charge in [0.25, 0.3) is 11.5 Å². The number of hydrogen-bond donors (Lipinski definition) is 2. The van der Waals surface area contributed by atoms with Gasteiger partial charge in [0.15, 0.2) is 0 Å². The fourth-order valence-electron chi connectivity index (χ4n) is 2.53. The Kier molecular flexibility index (Phi) is 6.44. The third-order valence-electron chi connectivity index (χ3n) is 3.93. The lowest BCUT2D eigenvalue weighted by atomic mass is 10.1. The van der Waals surface area contributed by atoms with Crippen molar-refractivity contribution in [1.82, 2.24) is 10.3 Å². The monoisotopic (exact) mass is 382 g/mol. The molecule has 3 aromatic rings. The second-order valence-electron chi connectivity index (χ2n) is 5.89. The quantitative estimate of drug-likeness (QED) is 0.478. The van der Waals surface area contributed by atoms with Crippen LogP contribution in [0.4, 0.5) is 4.39 Å². The Morgan fingerprint density at radius 1 is 1.00 bits per heavy atom. The molecule has 0 unspecified atom stereocenters. The smallest absolute Gasteiger partial charge is 0.261 e. The van der Waals surface area contributed by atoms with Gasteiger partial charge >= 0.3 is 0 Å². The summed E-state index contributed by atoms with van der Waals surface area (Å²) in [5.74, 6) is 0.146. The van der Waals surface area contributed by atoms with Crippen molar-refractivity contribution in [2.24, 2.45) is 0 Å². The molecule has 0 bridgehead atoms. The minimum absolute atomic E-state index is 0.0980. The van der Waals surface area contributed by atoms with E-state index in [1.807, 2.05) is 30.3 Å². The van der Waals surface area contributed by atoms with Crippen molar-refractivity contribution in [3.8, 4) is 11.3 Å². The van der Waals surface area contributed by atoms with Gasteiger partial charge in [0, 0.05) is 17.1 Å². The van der Waals surface area contributed by atoms with E-state index in [9.17, 15) is 14.0 Å². The Hall–Kier alpha value is -2.86. The summed E-state index contributed by atoms with van der Waals surface area (Å²) in [6.07, 6.45) is 0.744. The maximum Gasteiger partial charge on any atom is 0.261 e. The number of hydrogen-bond acceptors (Lipinski definition) is 3. The third kappa shape index (κ3) is 5.31. The molecule has 4 nitrogen and oxygen atoms in total. The minimum atomic E-state index is -0.408. The van der Waals surface area contributed by atoms with E-state index in [1.54, 1.807) is 36.0 Å². The molecule has 0 atom stereocenters. The van der Waals surface area contributed by atoms with Crippen molar-refractivity contribution in [2.45, 2.75) is 11.3 Å². The molecular formula is C21H19FN2O2S. The number of rotatable bonds is 7. The number of amides is 1. The first-order valence-corrected chi connectivity index (χ1v) is 9.57. The molecule has 2 N–H and O–H groups in total. The second kappa shape index (κ2) is 9.19. The van der Waals surface area contributed by atoms with Gasteiger partial charge in [-0.15, -0.1) is 11.8 Å². The summed E-state index contributed by atoms with van der Waals surface area (Å²) < 4.78 is 12.8. The van der Waals surface area contributed by atoms with E-state index in [2.05, 4.69) is 10.3 Å². The molecule has 3 rings (SSSR count). The highest BCUT2D eigenvalue weighted by atomic mass is 32.2. The number of aromatic nitrogens is 1. The summed E-state index contributed by atoms with van der Waals surface area (Å²) in [5.41, 5.74) is 1.25. The molecule has 0 radical (unpaired) electrons. The lowest BCUT2D eigenvalue weighted by Crippen LogP contribution is -2.30. The number of thioether (sulfide) groups is 1. The lowest BCUT2D eigenvalue weighted by Gasteiger charge is -2.06. The molecule has 138 valence electrons. The molecule has 0 aliphatic carbocycles. The normalized spacial score (nSPS) is 10.6. The number of benzene rings is 2. The number of pyridine rings is 1. The largest absolute Gasteiger partial charge is 0.352 e. The summed E-state index contributed by atoms with van der Waals surface area (Å²) in [5, 5.41) is 2.76. The summed E-state index contributed by atoms with van der Waals surface area (Å²) in [6, 6.07) is 19.0. The fraction of sp³-hybridized carbons (Fsp3) is 0.143. The lowest BCUT2D eigenvalue weighted by molar-refractivity contribution is 0.0952. The topological polar surface area (TPSA) is 62.0 Å². The molecular weight excluding hydrogens is 363 g/mol. The van der Waals surface area contributed by atoms with Crippen LogP contribution >= 0.6 is 11.8 Å². The van der Waals surface area contributed by atoms with Crippen LogP contribution in [0.25, 0.3) is 11.3 Å². The fourth-order valence-corrected chi connectivity index (χ4v) is 3.38. The molecule has 0 aliphatic rings. The molecule has 2 aromatic carbocycles. The molecule has 1 aromatic heterocycles. The SMILES string of the molecule is O=C(NCCCSc1ccc(F)cc1)c1ccc(-c2ccccc2)[nH]c1=O. The zero-order chi connectivity index (χ0) is 19.1. The van der Waals surface area contributed by atoms with E-state index in [0.29, 0.717) is 12.2 Å². The summed E-state index contributed by atoms with van der Waals surface area (Å²) >= 11 is 1.59. The van der Waals surface area contributed by atoms with E-state index in [1.165, 1.54) is 12.1 Å². The van der Waals surface area contributed by atoms with Crippen molar-refractivity contribution in [3.05, 3.63) is 88.5 Å². The predicted molar refractivity (Wildman–Crippen MR) is 107 cm³/mol. The first-order chi connectivity index (χ1) is 13.1. The van der Waals surface area contributed by atoms with E-state index >= 15 is 0 Å². The van der Waals surface area contributed by atoms with Gasteiger partial charge in [-0.05, 0) is 54.1 Å². The Labute approximate surface area is 160 Å². The van der Waals surface area contributed by atoms with Gasteiger partial charge in [-0.3, -0.25) is 9.59 Å². The molecule has 0 aliphatic heterocycles. The summed E-state index contributed by atoms with van der Waals surface area (Å²) in [7, 11) is 0. The molecule has 0 spiro atoms. The Bertz CT molecular complexity index is 956. The molecule has 1 heterocycles. The van der Waals surface area contributed by atoms with Crippen LogP contribution in [0.5, 0.6) is 0 Å². The highest BCUT2D eigenvalue weighted by Crippen LogP contribution is 2.18. The van der Waals surface area contributed by atoms with Gasteiger partial charge in [0.2, 0.25) is 0 Å². The average molecular weight is 382 g/mol. The van der Waals surface area contributed by atoms with Crippen LogP contribution in [0, 0.1) is 5.82 Å². The van der Waals surface area contributed by atoms with Crippen LogP contribution in [0.1, 0.15) is 16.8 Å². The van der Waals surface area contributed by atoms with Gasteiger partial charge < -0.3 is 10.3 Å². The van der Waals surface area contributed by atoms with Crippen LogP contribution < -0.4 is 10.9 Å². The van der Waals surface area contributed by atoms with E-state index < -0.39 is 5.56 Å². The van der Waals surface area contributed by atoms with E-state index in [0.717, 1.165) is 22.6 Å². The number of nitrogens with one attached hydrogen (secondary N) is 2. The predicted octanol–water partition coefficient (Wildman–Crippen LogP) is 4.09. The first-order valence-electron chi connectivity index (χ1n) is 8.59. The molecule has 27 heavy (non-hydrogen) atoms. The van der Waals surface area contributed by atoms with Crippen LogP contribution in [-0.2, 0) is 0 Å². The Balaban J connectivity index is 1.49. The third-order valence-corrected chi connectivity index (χ3v) is 5.03. The number of aromatic amines is 1. The number of H-pyrrole nitrogens is 1. The van der Waals surface area contributed by atoms with Gasteiger partial charge in [-0.2, -0.15) is 0 Å². The van der Waals surface area contributed by atoms with E-state index in [-0.39, 0.29) is 17.3 Å². The number of halogens is 1. The average Bonchev–Trinajstić information content (AvgIpc) is 2.69. The maximum atomic E-state index is 12.8. The van der Waals surface area contributed by atoms with Crippen molar-refractivity contribution >= 4 is 17.7 Å². The number of carbonyl (C=O) groups is 1. The second-order valence-corrected chi connectivity index (χ2v) is 7.06. The van der Waals surface area contributed by atoms with Crippen molar-refractivity contribution in [2.75, 3.05) is 12.3 Å². The standard InChI is InChI=1S/C21H19FN2O2S/c22-16-7-9-17(10-8-16)27-14-4-13-23-20(25)18-11-12-19(24-21(18)26)15-5-2-1-3-6-15/h1-3,5-12H,4,13-14H2,(H,23,25)(H,24,26). The molecule has 0 saturated carbocycles. The molecule has 0 fully saturated rings. The Morgan fingerprint density at radius 2 is 1.74 bits per heavy atom. The Morgan fingerprint density at radius 3 is 2.44 bits per heavy atom.